The molecule has 0 bridgehead atoms. The van der Waals surface area contributed by atoms with Crippen LogP contribution in [0.2, 0.25) is 0 Å². The normalized spacial score (nSPS) is 12.0. The molecule has 9 nitrogen and oxygen atoms in total. The van der Waals surface area contributed by atoms with Crippen molar-refractivity contribution < 1.29 is 19.2 Å². The van der Waals surface area contributed by atoms with Gasteiger partial charge in [-0.1, -0.05) is 0 Å². The van der Waals surface area contributed by atoms with E-state index in [0.29, 0.717) is 6.08 Å². The molecule has 0 aromatic heterocycles. The summed E-state index contributed by atoms with van der Waals surface area (Å²) in [5.41, 5.74) is 18.3. The minimum atomic E-state index is -1.10. The van der Waals surface area contributed by atoms with E-state index in [4.69, 9.17) is 22.9 Å². The van der Waals surface area contributed by atoms with E-state index >= 15 is 0 Å². The number of carbonyl (C=O) groups is 4. The van der Waals surface area contributed by atoms with Gasteiger partial charge in [0, 0.05) is 6.08 Å². The van der Waals surface area contributed by atoms with Gasteiger partial charge in [0.05, 0.1) is 6.42 Å². The maximum atomic E-state index is 10.9. The third-order valence-electron chi connectivity index (χ3n) is 1.41. The quantitative estimate of drug-likeness (QED) is 0.279. The lowest BCUT2D eigenvalue weighted by molar-refractivity contribution is -0.118. The van der Waals surface area contributed by atoms with E-state index in [-0.39, 0.29) is 0 Å². The molecule has 0 fully saturated rings. The van der Waals surface area contributed by atoms with Crippen molar-refractivity contribution in [2.24, 2.45) is 27.9 Å². The molecule has 8 N–H and O–H groups in total. The van der Waals surface area contributed by atoms with Crippen LogP contribution in [0.3, 0.4) is 0 Å². The second-order valence-electron chi connectivity index (χ2n) is 2.86. The summed E-state index contributed by atoms with van der Waals surface area (Å²) < 4.78 is 0. The molecule has 0 aliphatic rings. The van der Waals surface area contributed by atoms with Gasteiger partial charge in [-0.2, -0.15) is 0 Å². The highest BCUT2D eigenvalue weighted by atomic mass is 16.2. The number of aliphatic imine (C=N–C) groups is 1. The topological polar surface area (TPSA) is 185 Å². The first-order chi connectivity index (χ1) is 7.73. The van der Waals surface area contributed by atoms with Crippen LogP contribution in [-0.4, -0.2) is 29.3 Å². The van der Waals surface area contributed by atoms with Crippen LogP contribution in [0.5, 0.6) is 0 Å². The highest BCUT2D eigenvalue weighted by Gasteiger charge is 2.14. The van der Waals surface area contributed by atoms with E-state index in [1.54, 1.807) is 0 Å². The Hall–Kier alpha value is -2.71. The van der Waals surface area contributed by atoms with Gasteiger partial charge < -0.3 is 22.9 Å². The van der Waals surface area contributed by atoms with Gasteiger partial charge in [-0.15, -0.1) is 0 Å². The summed E-state index contributed by atoms with van der Waals surface area (Å²) in [4.78, 5) is 46.2. The maximum Gasteiger partial charge on any atom is 0.267 e. The molecule has 4 amide bonds. The van der Waals surface area contributed by atoms with Gasteiger partial charge >= 0.3 is 0 Å². The molecule has 0 saturated heterocycles. The third kappa shape index (κ3) is 5.67. The smallest absolute Gasteiger partial charge is 0.267 e. The van der Waals surface area contributed by atoms with Gasteiger partial charge in [0.1, 0.15) is 11.4 Å². The highest BCUT2D eigenvalue weighted by molar-refractivity contribution is 6.41. The fourth-order valence-corrected chi connectivity index (χ4v) is 0.785. The van der Waals surface area contributed by atoms with Crippen molar-refractivity contribution in [3.05, 3.63) is 11.8 Å². The Morgan fingerprint density at radius 2 is 1.47 bits per heavy atom. The van der Waals surface area contributed by atoms with Crippen LogP contribution in [0.4, 0.5) is 0 Å². The fourth-order valence-electron chi connectivity index (χ4n) is 0.785. The molecule has 0 aliphatic heterocycles. The number of hydrogen-bond donors (Lipinski definition) is 4. The van der Waals surface area contributed by atoms with Gasteiger partial charge in [-0.3, -0.25) is 19.2 Å². The summed E-state index contributed by atoms with van der Waals surface area (Å²) in [7, 11) is 0. The standard InChI is InChI=1S/C8H11N5O4/c9-5(14)1-3(7(11)16)13-4(8(12)17)2-6(10)15/h1H,2H2,(H2,9,14)(H2,10,15)(H2,11,16)(H2,12,17). The van der Waals surface area contributed by atoms with Crippen molar-refractivity contribution in [3.63, 3.8) is 0 Å². The lowest BCUT2D eigenvalue weighted by Gasteiger charge is -2.00. The van der Waals surface area contributed by atoms with Crippen molar-refractivity contribution in [1.29, 1.82) is 0 Å². The van der Waals surface area contributed by atoms with Crippen molar-refractivity contribution >= 4 is 29.3 Å². The van der Waals surface area contributed by atoms with Crippen LogP contribution in [0, 0.1) is 0 Å². The van der Waals surface area contributed by atoms with Gasteiger partial charge in [-0.05, 0) is 0 Å². The molecule has 0 heterocycles. The Morgan fingerprint density at radius 1 is 0.941 bits per heavy atom. The monoisotopic (exact) mass is 241 g/mol. The fraction of sp³-hybridized carbons (Fsp3) is 0.125. The average molecular weight is 241 g/mol. The molecular weight excluding hydrogens is 230 g/mol. The second kappa shape index (κ2) is 6.00. The predicted octanol–water partition coefficient (Wildman–Crippen LogP) is -3.36. The minimum Gasteiger partial charge on any atom is -0.369 e. The van der Waals surface area contributed by atoms with E-state index in [0.717, 1.165) is 0 Å². The van der Waals surface area contributed by atoms with Crippen LogP contribution in [-0.2, 0) is 19.2 Å². The lowest BCUT2D eigenvalue weighted by atomic mass is 10.2. The first kappa shape index (κ1) is 14.3. The predicted molar refractivity (Wildman–Crippen MR) is 56.9 cm³/mol. The largest absolute Gasteiger partial charge is 0.369 e. The zero-order valence-electron chi connectivity index (χ0n) is 8.67. The number of rotatable bonds is 6. The van der Waals surface area contributed by atoms with E-state index in [1.807, 2.05) is 0 Å². The zero-order valence-corrected chi connectivity index (χ0v) is 8.67. The summed E-state index contributed by atoms with van der Waals surface area (Å²) in [5.74, 6) is -4.05. The van der Waals surface area contributed by atoms with Crippen LogP contribution in [0.15, 0.2) is 16.8 Å². The molecule has 0 aromatic carbocycles. The van der Waals surface area contributed by atoms with Gasteiger partial charge in [0.15, 0.2) is 0 Å². The summed E-state index contributed by atoms with van der Waals surface area (Å²) in [5, 5.41) is 0. The molecular formula is C8H11N5O4. The maximum absolute atomic E-state index is 10.9. The van der Waals surface area contributed by atoms with Crippen molar-refractivity contribution in [2.45, 2.75) is 6.42 Å². The lowest BCUT2D eigenvalue weighted by Crippen LogP contribution is -2.29. The molecule has 0 unspecified atom stereocenters. The van der Waals surface area contributed by atoms with Crippen molar-refractivity contribution in [2.75, 3.05) is 0 Å². The molecule has 0 saturated carbocycles. The van der Waals surface area contributed by atoms with E-state index < -0.39 is 41.5 Å². The van der Waals surface area contributed by atoms with E-state index in [2.05, 4.69) is 4.99 Å². The van der Waals surface area contributed by atoms with Crippen LogP contribution >= 0.6 is 0 Å². The summed E-state index contributed by atoms with van der Waals surface area (Å²) in [6, 6.07) is 0. The third-order valence-corrected chi connectivity index (χ3v) is 1.41. The number of nitrogens with two attached hydrogens (primary N) is 4. The van der Waals surface area contributed by atoms with E-state index in [9.17, 15) is 19.2 Å². The number of primary amides is 4. The summed E-state index contributed by atoms with van der Waals surface area (Å²) >= 11 is 0. The molecule has 92 valence electrons. The van der Waals surface area contributed by atoms with E-state index in [1.165, 1.54) is 0 Å². The highest BCUT2D eigenvalue weighted by Crippen LogP contribution is 1.99. The Labute approximate surface area is 95.5 Å². The van der Waals surface area contributed by atoms with Crippen molar-refractivity contribution in [3.8, 4) is 0 Å². The molecule has 0 aliphatic carbocycles. The number of carbonyl (C=O) groups excluding carboxylic acids is 4. The Morgan fingerprint density at radius 3 is 1.76 bits per heavy atom. The number of nitrogens with zero attached hydrogens (tertiary/aromatic N) is 1. The van der Waals surface area contributed by atoms with Gasteiger partial charge in [0.25, 0.3) is 11.8 Å². The second-order valence-corrected chi connectivity index (χ2v) is 2.86. The first-order valence-electron chi connectivity index (χ1n) is 4.20. The van der Waals surface area contributed by atoms with Crippen LogP contribution in [0.1, 0.15) is 6.42 Å². The Kier molecular flexibility index (Phi) is 5.04. The average Bonchev–Trinajstić information content (AvgIpc) is 2.13. The van der Waals surface area contributed by atoms with Crippen molar-refractivity contribution in [1.82, 2.24) is 0 Å². The van der Waals surface area contributed by atoms with Gasteiger partial charge in [0.2, 0.25) is 11.8 Å². The number of amides is 4. The minimum absolute atomic E-state index is 0.496. The molecule has 0 aromatic rings. The first-order valence-corrected chi connectivity index (χ1v) is 4.20. The van der Waals surface area contributed by atoms with Crippen LogP contribution in [0.25, 0.3) is 0 Å². The Bertz CT molecular complexity index is 437. The molecule has 0 atom stereocenters. The summed E-state index contributed by atoms with van der Waals surface area (Å²) in [6.07, 6.45) is 0.0188. The molecule has 0 radical (unpaired) electrons. The van der Waals surface area contributed by atoms with Crippen LogP contribution < -0.4 is 22.9 Å². The zero-order chi connectivity index (χ0) is 13.6. The molecule has 0 spiro atoms. The van der Waals surface area contributed by atoms with Gasteiger partial charge in [-0.25, -0.2) is 4.99 Å². The summed E-state index contributed by atoms with van der Waals surface area (Å²) in [6.45, 7) is 0. The molecule has 17 heavy (non-hydrogen) atoms. The number of hydrogen-bond acceptors (Lipinski definition) is 5. The SMILES string of the molecule is NC(=O)C=C(N=C(CC(N)=O)C(N)=O)C(N)=O. The Balaban J connectivity index is 5.38. The molecule has 0 rings (SSSR count). The molecule has 9 heteroatoms.